The van der Waals surface area contributed by atoms with E-state index in [1.165, 1.54) is 17.7 Å². The van der Waals surface area contributed by atoms with Crippen molar-refractivity contribution >= 4 is 5.57 Å². The van der Waals surface area contributed by atoms with Gasteiger partial charge in [0.2, 0.25) is 0 Å². The Bertz CT molecular complexity index is 689. The van der Waals surface area contributed by atoms with Gasteiger partial charge in [-0.1, -0.05) is 48.5 Å². The van der Waals surface area contributed by atoms with E-state index >= 15 is 0 Å². The van der Waals surface area contributed by atoms with Crippen molar-refractivity contribution in [2.45, 2.75) is 19.1 Å². The van der Waals surface area contributed by atoms with Gasteiger partial charge in [0.25, 0.3) is 0 Å². The molecule has 0 aliphatic carbocycles. The monoisotopic (exact) mass is 317 g/mol. The third-order valence-electron chi connectivity index (χ3n) is 4.10. The standard InChI is InChI=1S/C19H18F3N/c20-19(21,22)18-8-4-7-17(13-18)16-9-11-23(12-10-16)14-15-5-2-1-3-6-15/h1-9,13H,10-12,14H2. The molecule has 1 nitrogen and oxygen atoms in total. The largest absolute Gasteiger partial charge is 0.416 e. The molecule has 120 valence electrons. The predicted octanol–water partition coefficient (Wildman–Crippen LogP) is 4.99. The smallest absolute Gasteiger partial charge is 0.295 e. The first kappa shape index (κ1) is 15.8. The summed E-state index contributed by atoms with van der Waals surface area (Å²) < 4.78 is 38.4. The summed E-state index contributed by atoms with van der Waals surface area (Å²) in [5.74, 6) is 0. The molecule has 23 heavy (non-hydrogen) atoms. The zero-order valence-corrected chi connectivity index (χ0v) is 12.7. The summed E-state index contributed by atoms with van der Waals surface area (Å²) in [6.45, 7) is 2.49. The summed E-state index contributed by atoms with van der Waals surface area (Å²) in [5, 5.41) is 0. The fourth-order valence-corrected chi connectivity index (χ4v) is 2.85. The van der Waals surface area contributed by atoms with Gasteiger partial charge in [0.15, 0.2) is 0 Å². The molecule has 0 radical (unpaired) electrons. The first-order chi connectivity index (χ1) is 11.0. The lowest BCUT2D eigenvalue weighted by Crippen LogP contribution is -2.28. The molecular weight excluding hydrogens is 299 g/mol. The lowest BCUT2D eigenvalue weighted by atomic mass is 9.97. The van der Waals surface area contributed by atoms with Gasteiger partial charge >= 0.3 is 6.18 Å². The van der Waals surface area contributed by atoms with Gasteiger partial charge in [0, 0.05) is 19.6 Å². The van der Waals surface area contributed by atoms with Gasteiger partial charge < -0.3 is 0 Å². The Labute approximate surface area is 134 Å². The van der Waals surface area contributed by atoms with Crippen molar-refractivity contribution in [1.82, 2.24) is 4.90 Å². The summed E-state index contributed by atoms with van der Waals surface area (Å²) in [7, 11) is 0. The zero-order chi connectivity index (χ0) is 16.3. The molecule has 3 rings (SSSR count). The van der Waals surface area contributed by atoms with Gasteiger partial charge in [-0.3, -0.25) is 4.90 Å². The van der Waals surface area contributed by atoms with Crippen LogP contribution in [-0.4, -0.2) is 18.0 Å². The van der Waals surface area contributed by atoms with Crippen LogP contribution in [0.5, 0.6) is 0 Å². The maximum Gasteiger partial charge on any atom is 0.416 e. The number of alkyl halides is 3. The fourth-order valence-electron chi connectivity index (χ4n) is 2.85. The van der Waals surface area contributed by atoms with Gasteiger partial charge in [-0.15, -0.1) is 0 Å². The van der Waals surface area contributed by atoms with E-state index in [1.54, 1.807) is 6.07 Å². The van der Waals surface area contributed by atoms with Crippen molar-refractivity contribution in [1.29, 1.82) is 0 Å². The molecule has 1 aliphatic rings. The van der Waals surface area contributed by atoms with Crippen molar-refractivity contribution in [2.24, 2.45) is 0 Å². The maximum absolute atomic E-state index is 12.8. The molecule has 1 aliphatic heterocycles. The van der Waals surface area contributed by atoms with Crippen LogP contribution in [0.4, 0.5) is 13.2 Å². The van der Waals surface area contributed by atoms with Crippen LogP contribution in [0, 0.1) is 0 Å². The third kappa shape index (κ3) is 4.02. The third-order valence-corrected chi connectivity index (χ3v) is 4.10. The number of hydrogen-bond donors (Lipinski definition) is 0. The van der Waals surface area contributed by atoms with Crippen LogP contribution >= 0.6 is 0 Å². The molecule has 0 saturated heterocycles. The predicted molar refractivity (Wildman–Crippen MR) is 85.8 cm³/mol. The molecule has 0 fully saturated rings. The molecule has 4 heteroatoms. The average molecular weight is 317 g/mol. The first-order valence-corrected chi connectivity index (χ1v) is 7.65. The van der Waals surface area contributed by atoms with Crippen molar-refractivity contribution in [3.63, 3.8) is 0 Å². The highest BCUT2D eigenvalue weighted by Gasteiger charge is 2.30. The normalized spacial score (nSPS) is 16.2. The number of rotatable bonds is 3. The van der Waals surface area contributed by atoms with E-state index in [0.717, 1.165) is 37.7 Å². The molecule has 2 aromatic carbocycles. The van der Waals surface area contributed by atoms with E-state index in [1.807, 2.05) is 24.3 Å². The molecule has 0 aromatic heterocycles. The van der Waals surface area contributed by atoms with E-state index < -0.39 is 11.7 Å². The van der Waals surface area contributed by atoms with Crippen LogP contribution in [-0.2, 0) is 12.7 Å². The van der Waals surface area contributed by atoms with E-state index in [0.29, 0.717) is 5.56 Å². The van der Waals surface area contributed by atoms with Gasteiger partial charge in [0.1, 0.15) is 0 Å². The SMILES string of the molecule is FC(F)(F)c1cccc(C2=CCN(Cc3ccccc3)CC2)c1. The Kier molecular flexibility index (Phi) is 4.53. The average Bonchev–Trinajstić information content (AvgIpc) is 2.56. The lowest BCUT2D eigenvalue weighted by Gasteiger charge is -2.26. The van der Waals surface area contributed by atoms with Crippen LogP contribution in [0.1, 0.15) is 23.1 Å². The molecule has 2 aromatic rings. The highest BCUT2D eigenvalue weighted by molar-refractivity contribution is 5.67. The zero-order valence-electron chi connectivity index (χ0n) is 12.7. The van der Waals surface area contributed by atoms with Crippen LogP contribution < -0.4 is 0 Å². The van der Waals surface area contributed by atoms with E-state index in [-0.39, 0.29) is 0 Å². The van der Waals surface area contributed by atoms with Crippen LogP contribution in [0.25, 0.3) is 5.57 Å². The van der Waals surface area contributed by atoms with Crippen molar-refractivity contribution in [2.75, 3.05) is 13.1 Å². The highest BCUT2D eigenvalue weighted by Crippen LogP contribution is 2.32. The van der Waals surface area contributed by atoms with E-state index in [4.69, 9.17) is 0 Å². The second-order valence-corrected chi connectivity index (χ2v) is 5.78. The summed E-state index contributed by atoms with van der Waals surface area (Å²) in [6.07, 6.45) is -1.47. The van der Waals surface area contributed by atoms with Crippen molar-refractivity contribution < 1.29 is 13.2 Å². The number of halogens is 3. The van der Waals surface area contributed by atoms with Gasteiger partial charge in [-0.25, -0.2) is 0 Å². The number of hydrogen-bond acceptors (Lipinski definition) is 1. The molecule has 1 heterocycles. The van der Waals surface area contributed by atoms with Crippen LogP contribution in [0.2, 0.25) is 0 Å². The second kappa shape index (κ2) is 6.59. The van der Waals surface area contributed by atoms with Crippen molar-refractivity contribution in [3.8, 4) is 0 Å². The number of benzene rings is 2. The van der Waals surface area contributed by atoms with Crippen LogP contribution in [0.3, 0.4) is 0 Å². The maximum atomic E-state index is 12.8. The van der Waals surface area contributed by atoms with E-state index in [9.17, 15) is 13.2 Å². The summed E-state index contributed by atoms with van der Waals surface area (Å²) in [6, 6.07) is 15.8. The Hall–Kier alpha value is -2.07. The Morgan fingerprint density at radius 2 is 1.74 bits per heavy atom. The lowest BCUT2D eigenvalue weighted by molar-refractivity contribution is -0.137. The van der Waals surface area contributed by atoms with E-state index in [2.05, 4.69) is 17.0 Å². The fraction of sp³-hybridized carbons (Fsp3) is 0.263. The van der Waals surface area contributed by atoms with Crippen LogP contribution in [0.15, 0.2) is 60.7 Å². The Balaban J connectivity index is 1.69. The van der Waals surface area contributed by atoms with Gasteiger partial charge in [0.05, 0.1) is 5.56 Å². The molecule has 0 unspecified atom stereocenters. The summed E-state index contributed by atoms with van der Waals surface area (Å²) in [4.78, 5) is 2.30. The van der Waals surface area contributed by atoms with Gasteiger partial charge in [-0.2, -0.15) is 13.2 Å². The first-order valence-electron chi connectivity index (χ1n) is 7.65. The topological polar surface area (TPSA) is 3.24 Å². The summed E-state index contributed by atoms with van der Waals surface area (Å²) >= 11 is 0. The number of nitrogens with zero attached hydrogens (tertiary/aromatic N) is 1. The second-order valence-electron chi connectivity index (χ2n) is 5.78. The Morgan fingerprint density at radius 1 is 0.957 bits per heavy atom. The molecule has 0 spiro atoms. The summed E-state index contributed by atoms with van der Waals surface area (Å²) in [5.41, 5.74) is 2.35. The molecule has 0 bridgehead atoms. The molecule has 0 atom stereocenters. The minimum absolute atomic E-state index is 0.581. The highest BCUT2D eigenvalue weighted by atomic mass is 19.4. The molecular formula is C19H18F3N. The quantitative estimate of drug-likeness (QED) is 0.770. The van der Waals surface area contributed by atoms with Gasteiger partial charge in [-0.05, 0) is 35.3 Å². The van der Waals surface area contributed by atoms with Crippen molar-refractivity contribution in [3.05, 3.63) is 77.4 Å². The minimum atomic E-state index is -4.29. The molecule has 0 N–H and O–H groups in total. The Morgan fingerprint density at radius 3 is 2.39 bits per heavy atom. The molecule has 0 saturated carbocycles. The molecule has 0 amide bonds. The minimum Gasteiger partial charge on any atom is -0.295 e.